The molecule has 0 spiro atoms. The van der Waals surface area contributed by atoms with Crippen LogP contribution in [0, 0.1) is 17.5 Å². The standard InChI is InChI=1S/C26H21F3N4O/c1-32-25(14-10-15(27)12-16(28)11-14)20-13-17-4-2-6-22(24(20)31-32)33(17)26(34)19-7-8-21(29)23-18(19)5-3-9-30-23/h3,5,7-12,17,22H,2,4,6,13H2,1H3/t17-,22+/m0/s1. The molecule has 0 radical (unpaired) electrons. The summed E-state index contributed by atoms with van der Waals surface area (Å²) in [6.45, 7) is 0. The Morgan fingerprint density at radius 3 is 2.65 bits per heavy atom. The zero-order valence-corrected chi connectivity index (χ0v) is 18.4. The van der Waals surface area contributed by atoms with Crippen molar-refractivity contribution in [2.75, 3.05) is 0 Å². The van der Waals surface area contributed by atoms with Gasteiger partial charge in [-0.2, -0.15) is 5.10 Å². The van der Waals surface area contributed by atoms with E-state index in [1.165, 1.54) is 30.5 Å². The minimum absolute atomic E-state index is 0.0862. The van der Waals surface area contributed by atoms with E-state index in [2.05, 4.69) is 4.98 Å². The van der Waals surface area contributed by atoms with Crippen LogP contribution in [0.4, 0.5) is 13.2 Å². The van der Waals surface area contributed by atoms with Gasteiger partial charge in [0, 0.05) is 47.4 Å². The number of carbonyl (C=O) groups is 1. The van der Waals surface area contributed by atoms with E-state index >= 15 is 0 Å². The van der Waals surface area contributed by atoms with E-state index in [0.29, 0.717) is 28.6 Å². The number of aromatic nitrogens is 3. The quantitative estimate of drug-likeness (QED) is 0.404. The number of piperidine rings is 1. The molecule has 8 heteroatoms. The number of halogens is 3. The molecule has 2 atom stereocenters. The molecule has 34 heavy (non-hydrogen) atoms. The summed E-state index contributed by atoms with van der Waals surface area (Å²) < 4.78 is 43.9. The van der Waals surface area contributed by atoms with Crippen LogP contribution in [0.3, 0.4) is 0 Å². The van der Waals surface area contributed by atoms with Crippen LogP contribution in [0.2, 0.25) is 0 Å². The second-order valence-corrected chi connectivity index (χ2v) is 9.01. The molecule has 6 rings (SSSR count). The van der Waals surface area contributed by atoms with Gasteiger partial charge >= 0.3 is 0 Å². The third-order valence-electron chi connectivity index (χ3n) is 7.00. The first kappa shape index (κ1) is 20.9. The summed E-state index contributed by atoms with van der Waals surface area (Å²) in [5.41, 5.74) is 3.38. The fourth-order valence-electron chi connectivity index (χ4n) is 5.66. The Morgan fingerprint density at radius 1 is 1.06 bits per heavy atom. The highest BCUT2D eigenvalue weighted by atomic mass is 19.1. The Hall–Kier alpha value is -3.68. The molecule has 1 saturated heterocycles. The molecule has 1 fully saturated rings. The average Bonchev–Trinajstić information content (AvgIpc) is 3.13. The van der Waals surface area contributed by atoms with Gasteiger partial charge in [0.1, 0.15) is 23.0 Å². The van der Waals surface area contributed by atoms with Gasteiger partial charge in [-0.1, -0.05) is 6.07 Å². The zero-order valence-electron chi connectivity index (χ0n) is 18.4. The van der Waals surface area contributed by atoms with Crippen LogP contribution < -0.4 is 0 Å². The van der Waals surface area contributed by atoms with Crippen molar-refractivity contribution in [1.29, 1.82) is 0 Å². The molecule has 2 bridgehead atoms. The largest absolute Gasteiger partial charge is 0.327 e. The number of pyridine rings is 1. The molecule has 0 aliphatic carbocycles. The highest BCUT2D eigenvalue weighted by Crippen LogP contribution is 2.45. The van der Waals surface area contributed by atoms with Gasteiger partial charge in [0.2, 0.25) is 0 Å². The van der Waals surface area contributed by atoms with Gasteiger partial charge in [-0.15, -0.1) is 0 Å². The van der Waals surface area contributed by atoms with Crippen LogP contribution in [0.15, 0.2) is 48.7 Å². The molecular formula is C26H21F3N4O. The maximum absolute atomic E-state index is 14.3. The lowest BCUT2D eigenvalue weighted by molar-refractivity contribution is 0.0394. The van der Waals surface area contributed by atoms with Gasteiger partial charge < -0.3 is 4.90 Å². The van der Waals surface area contributed by atoms with E-state index in [0.717, 1.165) is 36.6 Å². The molecule has 2 aliphatic heterocycles. The molecule has 5 nitrogen and oxygen atoms in total. The van der Waals surface area contributed by atoms with Crippen molar-refractivity contribution in [1.82, 2.24) is 19.7 Å². The summed E-state index contributed by atoms with van der Waals surface area (Å²) in [6.07, 6.45) is 4.54. The maximum atomic E-state index is 14.3. The summed E-state index contributed by atoms with van der Waals surface area (Å²) in [5.74, 6) is -1.93. The predicted octanol–water partition coefficient (Wildman–Crippen LogP) is 5.34. The van der Waals surface area contributed by atoms with E-state index in [4.69, 9.17) is 5.10 Å². The number of fused-ring (bicyclic) bond motifs is 5. The van der Waals surface area contributed by atoms with Gasteiger partial charge in [-0.05, 0) is 56.0 Å². The lowest BCUT2D eigenvalue weighted by Gasteiger charge is -2.45. The molecule has 2 aromatic carbocycles. The highest BCUT2D eigenvalue weighted by molar-refractivity contribution is 6.06. The molecule has 1 amide bonds. The minimum atomic E-state index is -0.644. The maximum Gasteiger partial charge on any atom is 0.255 e. The van der Waals surface area contributed by atoms with Crippen molar-refractivity contribution in [2.45, 2.75) is 37.8 Å². The van der Waals surface area contributed by atoms with Crippen molar-refractivity contribution in [3.05, 3.63) is 82.9 Å². The van der Waals surface area contributed by atoms with E-state index in [1.807, 2.05) is 4.90 Å². The first-order valence-corrected chi connectivity index (χ1v) is 11.3. The number of carbonyl (C=O) groups excluding carboxylic acids is 1. The summed E-state index contributed by atoms with van der Waals surface area (Å²) in [7, 11) is 1.76. The highest BCUT2D eigenvalue weighted by Gasteiger charge is 2.44. The summed E-state index contributed by atoms with van der Waals surface area (Å²) >= 11 is 0. The Balaban J connectivity index is 1.46. The number of amides is 1. The number of nitrogens with zero attached hydrogens (tertiary/aromatic N) is 4. The fraction of sp³-hybridized carbons (Fsp3) is 0.269. The lowest BCUT2D eigenvalue weighted by atomic mass is 9.81. The van der Waals surface area contributed by atoms with Gasteiger partial charge in [-0.25, -0.2) is 13.2 Å². The van der Waals surface area contributed by atoms with Crippen LogP contribution in [-0.2, 0) is 13.5 Å². The Labute approximate surface area is 193 Å². The monoisotopic (exact) mass is 462 g/mol. The number of hydrogen-bond acceptors (Lipinski definition) is 3. The molecule has 0 saturated carbocycles. The van der Waals surface area contributed by atoms with E-state index in [1.54, 1.807) is 23.9 Å². The van der Waals surface area contributed by atoms with E-state index in [9.17, 15) is 18.0 Å². The first-order valence-electron chi connectivity index (χ1n) is 11.3. The number of hydrogen-bond donors (Lipinski definition) is 0. The SMILES string of the molecule is Cn1nc2c(c1-c1cc(F)cc(F)c1)C[C@@H]1CCC[C@H]2N1C(=O)c1ccc(F)c2ncccc12. The molecule has 4 aromatic rings. The van der Waals surface area contributed by atoms with Crippen LogP contribution in [0.25, 0.3) is 22.2 Å². The molecule has 0 unspecified atom stereocenters. The molecule has 2 aromatic heterocycles. The van der Waals surface area contributed by atoms with Crippen molar-refractivity contribution in [2.24, 2.45) is 7.05 Å². The van der Waals surface area contributed by atoms with Crippen LogP contribution in [-0.4, -0.2) is 31.6 Å². The van der Waals surface area contributed by atoms with Crippen molar-refractivity contribution in [3.63, 3.8) is 0 Å². The average molecular weight is 462 g/mol. The Morgan fingerprint density at radius 2 is 1.85 bits per heavy atom. The summed E-state index contributed by atoms with van der Waals surface area (Å²) in [5, 5.41) is 5.20. The molecular weight excluding hydrogens is 441 g/mol. The predicted molar refractivity (Wildman–Crippen MR) is 121 cm³/mol. The second-order valence-electron chi connectivity index (χ2n) is 9.01. The zero-order chi connectivity index (χ0) is 23.6. The third kappa shape index (κ3) is 3.12. The minimum Gasteiger partial charge on any atom is -0.327 e. The van der Waals surface area contributed by atoms with E-state index < -0.39 is 17.5 Å². The van der Waals surface area contributed by atoms with Crippen molar-refractivity contribution in [3.8, 4) is 11.3 Å². The summed E-state index contributed by atoms with van der Waals surface area (Å²) in [4.78, 5) is 19.8. The van der Waals surface area contributed by atoms with E-state index in [-0.39, 0.29) is 23.5 Å². The first-order chi connectivity index (χ1) is 16.4. The third-order valence-corrected chi connectivity index (χ3v) is 7.00. The Bertz CT molecular complexity index is 1440. The normalized spacial score (nSPS) is 19.4. The van der Waals surface area contributed by atoms with Crippen LogP contribution in [0.1, 0.15) is 46.9 Å². The van der Waals surface area contributed by atoms with Gasteiger partial charge in [-0.3, -0.25) is 14.5 Å². The molecule has 4 heterocycles. The summed E-state index contributed by atoms with van der Waals surface area (Å²) in [6, 6.07) is 9.33. The van der Waals surface area contributed by atoms with Gasteiger partial charge in [0.05, 0.1) is 17.4 Å². The van der Waals surface area contributed by atoms with Crippen molar-refractivity contribution >= 4 is 16.8 Å². The number of aryl methyl sites for hydroxylation is 1. The molecule has 172 valence electrons. The smallest absolute Gasteiger partial charge is 0.255 e. The topological polar surface area (TPSA) is 51.0 Å². The molecule has 2 aliphatic rings. The lowest BCUT2D eigenvalue weighted by Crippen LogP contribution is -2.49. The van der Waals surface area contributed by atoms with Crippen LogP contribution >= 0.6 is 0 Å². The molecule has 0 N–H and O–H groups in total. The van der Waals surface area contributed by atoms with Gasteiger partial charge in [0.15, 0.2) is 0 Å². The van der Waals surface area contributed by atoms with Crippen LogP contribution in [0.5, 0.6) is 0 Å². The van der Waals surface area contributed by atoms with Crippen molar-refractivity contribution < 1.29 is 18.0 Å². The van der Waals surface area contributed by atoms with Gasteiger partial charge in [0.25, 0.3) is 5.91 Å². The fourth-order valence-corrected chi connectivity index (χ4v) is 5.66. The second kappa shape index (κ2) is 7.68. The number of benzene rings is 2. The Kier molecular flexibility index (Phi) is 4.72. The number of rotatable bonds is 2.